The summed E-state index contributed by atoms with van der Waals surface area (Å²) in [5.74, 6) is 0.167. The number of para-hydroxylation sites is 3. The van der Waals surface area contributed by atoms with E-state index in [-0.39, 0.29) is 15.8 Å². The summed E-state index contributed by atoms with van der Waals surface area (Å²) in [5, 5.41) is 7.82. The number of benzene rings is 2. The zero-order chi connectivity index (χ0) is 22.4. The number of carbonyl (C=O) groups excluding carboxylic acids is 2. The number of thiazole rings is 1. The van der Waals surface area contributed by atoms with Crippen molar-refractivity contribution < 1.29 is 18.0 Å². The molecule has 0 saturated carbocycles. The normalized spacial score (nSPS) is 12.1. The zero-order valence-electron chi connectivity index (χ0n) is 16.2. The van der Waals surface area contributed by atoms with E-state index >= 15 is 0 Å². The molecular formula is C19H18BrN5O4S2. The molecule has 4 rings (SSSR count). The molecule has 1 fully saturated rings. The van der Waals surface area contributed by atoms with Gasteiger partial charge in [-0.15, -0.1) is 11.3 Å². The maximum Gasteiger partial charge on any atom is 0.323 e. The van der Waals surface area contributed by atoms with E-state index in [4.69, 9.17) is 0 Å². The second-order valence-corrected chi connectivity index (χ2v) is 9.80. The molecule has 162 valence electrons. The lowest BCUT2D eigenvalue weighted by molar-refractivity contribution is -0.110. The van der Waals surface area contributed by atoms with Gasteiger partial charge in [0.1, 0.15) is 0 Å². The molecule has 1 aromatic heterocycles. The number of nitrogens with zero attached hydrogens (tertiary/aromatic N) is 1. The first-order valence-corrected chi connectivity index (χ1v) is 12.0. The van der Waals surface area contributed by atoms with Gasteiger partial charge in [-0.1, -0.05) is 24.3 Å². The molecule has 1 aliphatic heterocycles. The standard InChI is InChI=1S/C17H15BrN4O3S2.C2H3NO/c1-11-16(26-10-19-11)27(24,25)22-15-9-5-4-8-14(15)21-17(23)20-13-7-3-2-6-12(13)18;4-2-1-3-2/h2-10,22H,1H3,(H2,20,21,23);1H2,(H,3,4). The van der Waals surface area contributed by atoms with E-state index in [1.807, 2.05) is 6.07 Å². The van der Waals surface area contributed by atoms with Gasteiger partial charge in [-0.3, -0.25) is 9.52 Å². The van der Waals surface area contributed by atoms with Crippen LogP contribution < -0.4 is 20.7 Å². The molecule has 0 atom stereocenters. The van der Waals surface area contributed by atoms with E-state index in [2.05, 4.69) is 41.6 Å². The highest BCUT2D eigenvalue weighted by Crippen LogP contribution is 2.28. The van der Waals surface area contributed by atoms with Crippen LogP contribution in [0.25, 0.3) is 0 Å². The smallest absolute Gasteiger partial charge is 0.323 e. The Balaban J connectivity index is 0.000000610. The summed E-state index contributed by atoms with van der Waals surface area (Å²) in [7, 11) is -3.80. The Morgan fingerprint density at radius 3 is 2.16 bits per heavy atom. The minimum atomic E-state index is -3.80. The molecule has 4 N–H and O–H groups in total. The van der Waals surface area contributed by atoms with E-state index in [9.17, 15) is 18.0 Å². The third-order valence-electron chi connectivity index (χ3n) is 3.81. The number of hydrogen-bond acceptors (Lipinski definition) is 6. The van der Waals surface area contributed by atoms with Crippen molar-refractivity contribution in [1.82, 2.24) is 10.3 Å². The number of sulfonamides is 1. The number of aryl methyl sites for hydroxylation is 1. The highest BCUT2D eigenvalue weighted by atomic mass is 79.9. The maximum atomic E-state index is 12.6. The average molecular weight is 524 g/mol. The van der Waals surface area contributed by atoms with E-state index in [0.717, 1.165) is 15.8 Å². The SMILES string of the molecule is Cc1ncsc1S(=O)(=O)Nc1ccccc1NC(=O)Nc1ccccc1Br.O=C1CN1. The van der Waals surface area contributed by atoms with Crippen molar-refractivity contribution in [3.05, 3.63) is 64.2 Å². The Morgan fingerprint density at radius 2 is 1.61 bits per heavy atom. The first-order chi connectivity index (χ1) is 14.8. The maximum absolute atomic E-state index is 12.6. The van der Waals surface area contributed by atoms with Gasteiger partial charge in [0.05, 0.1) is 34.8 Å². The molecule has 0 unspecified atom stereocenters. The minimum absolute atomic E-state index is 0.134. The van der Waals surface area contributed by atoms with Crippen LogP contribution >= 0.6 is 27.3 Å². The molecule has 31 heavy (non-hydrogen) atoms. The fourth-order valence-corrected chi connectivity index (χ4v) is 4.97. The first-order valence-electron chi connectivity index (χ1n) is 8.87. The molecule has 2 aromatic carbocycles. The number of aromatic nitrogens is 1. The van der Waals surface area contributed by atoms with Crippen LogP contribution in [-0.2, 0) is 14.8 Å². The van der Waals surface area contributed by atoms with Crippen molar-refractivity contribution in [2.45, 2.75) is 11.1 Å². The Morgan fingerprint density at radius 1 is 1.06 bits per heavy atom. The molecule has 1 aliphatic rings. The van der Waals surface area contributed by atoms with Gasteiger partial charge in [0.25, 0.3) is 10.0 Å². The van der Waals surface area contributed by atoms with E-state index < -0.39 is 16.1 Å². The summed E-state index contributed by atoms with van der Waals surface area (Å²) in [6.07, 6.45) is 0. The lowest BCUT2D eigenvalue weighted by atomic mass is 10.3. The molecule has 9 nitrogen and oxygen atoms in total. The van der Waals surface area contributed by atoms with Crippen LogP contribution in [0.3, 0.4) is 0 Å². The van der Waals surface area contributed by atoms with Gasteiger partial charge in [-0.05, 0) is 47.1 Å². The predicted molar refractivity (Wildman–Crippen MR) is 124 cm³/mol. The third kappa shape index (κ3) is 6.51. The predicted octanol–water partition coefficient (Wildman–Crippen LogP) is 3.78. The van der Waals surface area contributed by atoms with Gasteiger partial charge in [-0.25, -0.2) is 18.2 Å². The summed E-state index contributed by atoms with van der Waals surface area (Å²) in [4.78, 5) is 25.7. The van der Waals surface area contributed by atoms with Crippen molar-refractivity contribution in [3.63, 3.8) is 0 Å². The van der Waals surface area contributed by atoms with Crippen molar-refractivity contribution in [2.75, 3.05) is 21.9 Å². The summed E-state index contributed by atoms with van der Waals surface area (Å²) in [6, 6.07) is 13.2. The molecule has 1 saturated heterocycles. The Hall–Kier alpha value is -2.96. The average Bonchev–Trinajstić information content (AvgIpc) is 3.37. The number of hydrogen-bond donors (Lipinski definition) is 4. The Labute approximate surface area is 191 Å². The molecule has 2 heterocycles. The Bertz CT molecular complexity index is 1210. The minimum Gasteiger partial charge on any atom is -0.346 e. The van der Waals surface area contributed by atoms with Gasteiger partial charge in [0.2, 0.25) is 5.91 Å². The molecule has 12 heteroatoms. The monoisotopic (exact) mass is 523 g/mol. The quantitative estimate of drug-likeness (QED) is 0.377. The second-order valence-electron chi connectivity index (χ2n) is 6.21. The largest absolute Gasteiger partial charge is 0.346 e. The zero-order valence-corrected chi connectivity index (χ0v) is 19.4. The third-order valence-corrected chi connectivity index (χ3v) is 7.44. The van der Waals surface area contributed by atoms with E-state index in [1.54, 1.807) is 49.4 Å². The number of carbonyl (C=O) groups is 2. The van der Waals surface area contributed by atoms with Gasteiger partial charge in [0.15, 0.2) is 4.21 Å². The summed E-state index contributed by atoms with van der Waals surface area (Å²) in [5.41, 5.74) is 3.07. The Kier molecular flexibility index (Phi) is 7.25. The molecule has 0 radical (unpaired) electrons. The van der Waals surface area contributed by atoms with Crippen LogP contribution in [0.15, 0.2) is 62.7 Å². The fraction of sp³-hybridized carbons (Fsp3) is 0.105. The number of amides is 3. The van der Waals surface area contributed by atoms with Gasteiger partial charge < -0.3 is 16.0 Å². The van der Waals surface area contributed by atoms with E-state index in [1.165, 1.54) is 5.51 Å². The van der Waals surface area contributed by atoms with Crippen LogP contribution in [0.1, 0.15) is 5.69 Å². The van der Waals surface area contributed by atoms with Gasteiger partial charge in [-0.2, -0.15) is 0 Å². The summed E-state index contributed by atoms with van der Waals surface area (Å²) >= 11 is 4.39. The molecule has 3 aromatic rings. The van der Waals surface area contributed by atoms with Crippen LogP contribution in [-0.4, -0.2) is 31.9 Å². The summed E-state index contributed by atoms with van der Waals surface area (Å²) < 4.78 is 28.5. The molecular weight excluding hydrogens is 506 g/mol. The number of anilines is 3. The number of rotatable bonds is 5. The number of urea groups is 1. The van der Waals surface area contributed by atoms with Crippen molar-refractivity contribution in [2.24, 2.45) is 0 Å². The van der Waals surface area contributed by atoms with Crippen molar-refractivity contribution >= 4 is 66.3 Å². The highest BCUT2D eigenvalue weighted by molar-refractivity contribution is 9.10. The molecule has 0 bridgehead atoms. The molecule has 0 spiro atoms. The molecule has 3 amide bonds. The molecule has 0 aliphatic carbocycles. The lowest BCUT2D eigenvalue weighted by Gasteiger charge is -2.14. The van der Waals surface area contributed by atoms with Crippen LogP contribution in [0.5, 0.6) is 0 Å². The fourth-order valence-electron chi connectivity index (χ4n) is 2.30. The van der Waals surface area contributed by atoms with Crippen LogP contribution in [0.4, 0.5) is 21.9 Å². The van der Waals surface area contributed by atoms with Crippen molar-refractivity contribution in [3.8, 4) is 0 Å². The second kappa shape index (κ2) is 9.90. The first kappa shape index (κ1) is 22.7. The number of halogens is 1. The lowest BCUT2D eigenvalue weighted by Crippen LogP contribution is -2.21. The van der Waals surface area contributed by atoms with Crippen molar-refractivity contribution in [1.29, 1.82) is 0 Å². The van der Waals surface area contributed by atoms with E-state index in [0.29, 0.717) is 23.6 Å². The summed E-state index contributed by atoms with van der Waals surface area (Å²) in [6.45, 7) is 2.22. The highest BCUT2D eigenvalue weighted by Gasteiger charge is 2.21. The van der Waals surface area contributed by atoms with Gasteiger partial charge in [0, 0.05) is 4.47 Å². The van der Waals surface area contributed by atoms with Crippen LogP contribution in [0.2, 0.25) is 0 Å². The van der Waals surface area contributed by atoms with Crippen LogP contribution in [0, 0.1) is 6.92 Å². The number of nitrogens with one attached hydrogen (secondary N) is 4. The van der Waals surface area contributed by atoms with Gasteiger partial charge >= 0.3 is 6.03 Å². The topological polar surface area (TPSA) is 139 Å².